The Bertz CT molecular complexity index is 6580. The molecule has 0 saturated carbocycles. The summed E-state index contributed by atoms with van der Waals surface area (Å²) in [5.41, 5.74) is 20.6. The highest BCUT2D eigenvalue weighted by atomic mass is 79.9. The maximum atomic E-state index is 12.3. The van der Waals surface area contributed by atoms with Gasteiger partial charge in [-0.15, -0.1) is 21.8 Å². The Hall–Kier alpha value is -13.5. The molecule has 4 amide bonds. The number of rotatable bonds is 15. The zero-order valence-corrected chi connectivity index (χ0v) is 88.7. The molecule has 4 saturated heterocycles. The lowest BCUT2D eigenvalue weighted by Crippen LogP contribution is -2.54. The minimum atomic E-state index is -0.543. The van der Waals surface area contributed by atoms with Gasteiger partial charge in [0, 0.05) is 177 Å². The normalized spacial score (nSPS) is 17.1. The molecule has 5 N–H and O–H groups in total. The second kappa shape index (κ2) is 51.0. The van der Waals surface area contributed by atoms with Crippen LogP contribution in [0.25, 0.3) is 33.1 Å². The molecule has 1 atom stereocenters. The van der Waals surface area contributed by atoms with E-state index in [4.69, 9.17) is 75.8 Å². The molecule has 14 heterocycles. The van der Waals surface area contributed by atoms with Gasteiger partial charge >= 0.3 is 24.4 Å². The molecule has 7 aromatic heterocycles. The molecule has 146 heavy (non-hydrogen) atoms. The van der Waals surface area contributed by atoms with Crippen molar-refractivity contribution in [2.24, 2.45) is 10.8 Å². The highest BCUT2D eigenvalue weighted by molar-refractivity contribution is 9.10. The van der Waals surface area contributed by atoms with Crippen molar-refractivity contribution in [2.45, 2.75) is 216 Å². The first kappa shape index (κ1) is 110. The summed E-state index contributed by atoms with van der Waals surface area (Å²) in [6.07, 6.45) is 3.77. The van der Waals surface area contributed by atoms with Crippen molar-refractivity contribution in [3.8, 4) is 11.5 Å². The predicted molar refractivity (Wildman–Crippen MR) is 559 cm³/mol. The van der Waals surface area contributed by atoms with Crippen LogP contribution >= 0.6 is 27.5 Å². The molecule has 0 radical (unpaired) electrons. The number of hydrogen-bond donors (Lipinski definition) is 3. The van der Waals surface area contributed by atoms with Crippen LogP contribution in [0.4, 0.5) is 31.1 Å². The summed E-state index contributed by atoms with van der Waals surface area (Å²) < 4.78 is 63.1. The zero-order chi connectivity index (χ0) is 106. The van der Waals surface area contributed by atoms with Crippen LogP contribution in [0, 0.1) is 31.6 Å². The van der Waals surface area contributed by atoms with Crippen LogP contribution in [-0.4, -0.2) is 224 Å². The van der Waals surface area contributed by atoms with Crippen LogP contribution < -0.4 is 26.3 Å². The number of Topliss-reactive ketones (excluding diaryl/α,β-unsaturated/α-hetero) is 3. The molecule has 7 aliphatic rings. The summed E-state index contributed by atoms with van der Waals surface area (Å²) >= 11 is 9.05. The van der Waals surface area contributed by atoms with E-state index in [2.05, 4.69) is 108 Å². The number of methoxy groups -OCH3 is 2. The molecule has 13 aromatic rings. The SMILES string of the molecule is C1CCOC1.CC1(C)CN(C(=O)OCc2ccccc2)CC(Br)C1=O.CC1(C)CN(C(=O)OCc2ccccc2)CCC1=O.COc1cccc2c1nc(N)n1nc(CCCl)nc21.COc1cccc2c1nc(N)n1nc(CCN3Cc4oc(C)nc4C(C)(C)C3)nc21.Cc1nc2c(o1)CN(C(=O)OCc1ccccc1)CC2(C)C.Cc1nc2c(o1)CNCC2(C)C.O=C1CCN(C(=O)OCc2ccccc2)CC1.[2H]CC. The van der Waals surface area contributed by atoms with Gasteiger partial charge in [-0.2, -0.15) is 9.03 Å². The molecule has 0 bridgehead atoms. The van der Waals surface area contributed by atoms with Gasteiger partial charge in [-0.3, -0.25) is 24.2 Å². The molecule has 7 aliphatic heterocycles. The molecule has 0 spiro atoms. The van der Waals surface area contributed by atoms with E-state index in [9.17, 15) is 33.6 Å². The first-order valence-corrected chi connectivity index (χ1v) is 50.4. The summed E-state index contributed by atoms with van der Waals surface area (Å²) in [5.74, 6) is 9.15. The van der Waals surface area contributed by atoms with Gasteiger partial charge in [0.2, 0.25) is 11.9 Å². The van der Waals surface area contributed by atoms with Crippen LogP contribution in [0.1, 0.15) is 202 Å². The molecule has 1 unspecified atom stereocenters. The minimum Gasteiger partial charge on any atom is -0.494 e. The molecule has 38 heteroatoms. The fourth-order valence-electron chi connectivity index (χ4n) is 17.6. The van der Waals surface area contributed by atoms with Gasteiger partial charge in [-0.05, 0) is 59.4 Å². The number of benzene rings is 6. The average molecular weight is 2090 g/mol. The number of halogens is 2. The number of likely N-dealkylation sites (tertiary alicyclic amines) is 3. The van der Waals surface area contributed by atoms with E-state index in [1.807, 2.05) is 206 Å². The number of aromatic nitrogens is 11. The number of anilines is 2. The molecule has 36 nitrogen and oxygen atoms in total. The topological polar surface area (TPSA) is 429 Å². The number of para-hydroxylation sites is 2. The standard InChI is InChI=1S/C21H25N7O2.C17H20N2O3.C15H18BrNO3.C15H19NO3.C13H15NO3.C12H12ClN5O.C9H14N2O.C4H8O.C2H6/c1-12-23-18-15(30-12)10-27(11-21(18,2)3)9-8-16-24-19-13-6-5-7-14(29-4)17(13)25-20(22)28(19)26-16;1-12-18-15-14(22-12)9-19(11-17(15,2)3)16(20)21-10-13-7-5-4-6-8-13;1-15(2)10-17(8-12(16)13(15)18)14(19)20-9-11-6-4-3-5-7-11;1-15(2)11-16(9-8-13(15)17)14(18)19-10-12-6-4-3-5-7-12;15-12-6-8-14(9-7-12)13(16)17-10-11-4-2-1-3-5-11;1-19-8-4-2-3-7-10(8)16-12(14)18-11(7)15-9(17-18)5-6-13;1-6-11-8-7(12-6)4-10-5-9(8,2)3;1-2-4-5-3-1;1-2/h5-7H,8-11H2,1-4H3,(H2,22,25);4-8H,9-11H2,1-3H3;3-7,12H,8-10H2,1-2H3;3-7H,8-11H2,1-2H3;1-5H,6-10H2;2-4H,5-6H2,1H3,(H2,14,16);10H,4-5H2,1-3H3;1-4H2;1-2H3/i;;;;;;;;1D. The first-order valence-electron chi connectivity index (χ1n) is 49.7. The Morgan fingerprint density at radius 1 is 0.479 bits per heavy atom. The van der Waals surface area contributed by atoms with Crippen molar-refractivity contribution in [3.63, 3.8) is 0 Å². The van der Waals surface area contributed by atoms with E-state index in [0.29, 0.717) is 149 Å². The zero-order valence-electron chi connectivity index (χ0n) is 87.4. The van der Waals surface area contributed by atoms with Gasteiger partial charge in [0.25, 0.3) is 0 Å². The minimum absolute atomic E-state index is 0.0568. The Morgan fingerprint density at radius 2 is 0.877 bits per heavy atom. The average Bonchev–Trinajstić information content (AvgIpc) is 1.64. The summed E-state index contributed by atoms with van der Waals surface area (Å²) in [5, 5.41) is 13.9. The smallest absolute Gasteiger partial charge is 0.410 e. The van der Waals surface area contributed by atoms with Crippen LogP contribution in [-0.2, 0) is 113 Å². The lowest BCUT2D eigenvalue weighted by molar-refractivity contribution is -0.131. The molecular formula is C108H137BrClN19O17. The van der Waals surface area contributed by atoms with E-state index in [-0.39, 0.29) is 95.2 Å². The third-order valence-corrected chi connectivity index (χ3v) is 25.9. The largest absolute Gasteiger partial charge is 0.494 e. The van der Waals surface area contributed by atoms with Crippen molar-refractivity contribution in [3.05, 3.63) is 244 Å². The highest BCUT2D eigenvalue weighted by Crippen LogP contribution is 2.38. The van der Waals surface area contributed by atoms with E-state index >= 15 is 0 Å². The Kier molecular flexibility index (Phi) is 38.4. The second-order valence-corrected chi connectivity index (χ2v) is 40.8. The van der Waals surface area contributed by atoms with Gasteiger partial charge in [0.1, 0.15) is 77.8 Å². The maximum absolute atomic E-state index is 12.3. The maximum Gasteiger partial charge on any atom is 0.410 e. The van der Waals surface area contributed by atoms with Gasteiger partial charge in [-0.25, -0.2) is 54.1 Å². The summed E-state index contributed by atoms with van der Waals surface area (Å²) in [7, 11) is 3.22. The number of aryl methyl sites for hydroxylation is 4. The number of alkyl halides is 2. The van der Waals surface area contributed by atoms with Crippen LogP contribution in [0.5, 0.6) is 11.5 Å². The monoisotopic (exact) mass is 2090 g/mol. The van der Waals surface area contributed by atoms with Crippen LogP contribution in [0.2, 0.25) is 0 Å². The molecule has 20 rings (SSSR count). The van der Waals surface area contributed by atoms with Crippen molar-refractivity contribution in [1.82, 2.24) is 83.9 Å². The number of fused-ring (bicyclic) bond motifs is 9. The van der Waals surface area contributed by atoms with Crippen LogP contribution in [0.3, 0.4) is 0 Å². The quantitative estimate of drug-likeness (QED) is 0.0634. The Morgan fingerprint density at radius 3 is 1.30 bits per heavy atom. The lowest BCUT2D eigenvalue weighted by atomic mass is 9.83. The van der Waals surface area contributed by atoms with Crippen molar-refractivity contribution in [2.75, 3.05) is 110 Å². The number of nitrogens with one attached hydrogen (secondary N) is 1. The fraction of sp³-hybridized carbons (Fsp3) is 0.463. The number of carbonyl (C=O) groups is 7. The summed E-state index contributed by atoms with van der Waals surface area (Å²) in [4.78, 5) is 123. The van der Waals surface area contributed by atoms with Crippen molar-refractivity contribution < 1.29 is 81.3 Å². The number of oxazole rings is 3. The number of carbonyl (C=O) groups excluding carboxylic acids is 7. The van der Waals surface area contributed by atoms with Gasteiger partial charge in [-0.1, -0.05) is 232 Å². The number of hydrogen-bond acceptors (Lipinski definition) is 30. The number of ketones is 3. The van der Waals surface area contributed by atoms with Gasteiger partial charge in [0.05, 0.1) is 55.8 Å². The number of amides is 4. The molecule has 780 valence electrons. The third-order valence-electron chi connectivity index (χ3n) is 25.0. The number of nitrogens with two attached hydrogens (primary N) is 2. The number of nitrogens with zero attached hydrogens (tertiary/aromatic N) is 16. The van der Waals surface area contributed by atoms with Gasteiger partial charge < -0.3 is 77.9 Å². The highest BCUT2D eigenvalue weighted by Gasteiger charge is 2.44. The Balaban J connectivity index is 0.000000152. The van der Waals surface area contributed by atoms with Crippen LogP contribution in [0.15, 0.2) is 171 Å². The Labute approximate surface area is 866 Å². The third kappa shape index (κ3) is 29.7. The number of nitrogen functional groups attached to an aromatic ring is 2. The van der Waals surface area contributed by atoms with E-state index in [1.54, 1.807) is 45.3 Å². The van der Waals surface area contributed by atoms with E-state index < -0.39 is 10.8 Å². The van der Waals surface area contributed by atoms with E-state index in [1.165, 1.54) is 17.4 Å². The van der Waals surface area contributed by atoms with Crippen molar-refractivity contribution in [1.29, 1.82) is 0 Å². The summed E-state index contributed by atoms with van der Waals surface area (Å²) in [6.45, 7) is 39.1. The molecular weight excluding hydrogens is 1950 g/mol. The number of piperidine rings is 3. The molecule has 4 fully saturated rings. The summed E-state index contributed by atoms with van der Waals surface area (Å²) in [6, 6.07) is 49.7. The fourth-order valence-corrected chi connectivity index (χ4v) is 18.7. The second-order valence-electron chi connectivity index (χ2n) is 39.3. The van der Waals surface area contributed by atoms with E-state index in [0.717, 1.165) is 131 Å². The lowest BCUT2D eigenvalue weighted by Gasteiger charge is -2.38. The van der Waals surface area contributed by atoms with Gasteiger partial charge in [0.15, 0.2) is 46.4 Å². The predicted octanol–water partition coefficient (Wildman–Crippen LogP) is 18.4. The molecule has 0 aliphatic carbocycles. The number of ether oxygens (including phenoxy) is 7. The first-order chi connectivity index (χ1) is 70.2. The van der Waals surface area contributed by atoms with Crippen molar-refractivity contribution >= 4 is 114 Å². The molecule has 6 aromatic carbocycles.